The van der Waals surface area contributed by atoms with Crippen LogP contribution in [-0.2, 0) is 10.0 Å². The van der Waals surface area contributed by atoms with Crippen molar-refractivity contribution in [2.75, 3.05) is 26.2 Å². The van der Waals surface area contributed by atoms with Crippen molar-refractivity contribution in [1.29, 1.82) is 0 Å². The third-order valence-corrected chi connectivity index (χ3v) is 6.39. The molecule has 6 heteroatoms. The summed E-state index contributed by atoms with van der Waals surface area (Å²) < 4.78 is 32.3. The number of sulfonamides is 1. The molecule has 21 heavy (non-hydrogen) atoms. The van der Waals surface area contributed by atoms with Gasteiger partial charge >= 0.3 is 0 Å². The highest BCUT2D eigenvalue weighted by Crippen LogP contribution is 2.39. The molecule has 0 aromatic heterocycles. The van der Waals surface area contributed by atoms with E-state index in [9.17, 15) is 8.42 Å². The summed E-state index contributed by atoms with van der Waals surface area (Å²) >= 11 is 0. The maximum atomic E-state index is 12.7. The Morgan fingerprint density at radius 1 is 1.14 bits per heavy atom. The second kappa shape index (κ2) is 5.94. The summed E-state index contributed by atoms with van der Waals surface area (Å²) in [7, 11) is -3.36. The second-order valence-electron chi connectivity index (χ2n) is 5.88. The summed E-state index contributed by atoms with van der Waals surface area (Å²) in [4.78, 5) is 0.350. The summed E-state index contributed by atoms with van der Waals surface area (Å²) in [5.74, 6) is 1.77. The van der Waals surface area contributed by atoms with Gasteiger partial charge in [-0.1, -0.05) is 6.42 Å². The van der Waals surface area contributed by atoms with Crippen LogP contribution < -0.4 is 10.5 Å². The van der Waals surface area contributed by atoms with Crippen molar-refractivity contribution < 1.29 is 13.2 Å². The van der Waals surface area contributed by atoms with Gasteiger partial charge in [0.1, 0.15) is 12.4 Å². The fraction of sp³-hybridized carbons (Fsp3) is 0.600. The maximum absolute atomic E-state index is 12.7. The Balaban J connectivity index is 1.73. The SMILES string of the molecule is NCCOc1ccc(S(=O)(=O)N2CC3CCCC3C2)cc1. The van der Waals surface area contributed by atoms with Crippen molar-refractivity contribution in [2.45, 2.75) is 24.2 Å². The first kappa shape index (κ1) is 14.8. The molecule has 3 rings (SSSR count). The molecule has 0 amide bonds. The summed E-state index contributed by atoms with van der Waals surface area (Å²) in [6.45, 7) is 2.23. The Kier molecular flexibility index (Phi) is 4.19. The second-order valence-corrected chi connectivity index (χ2v) is 7.82. The van der Waals surface area contributed by atoms with E-state index >= 15 is 0 Å². The highest BCUT2D eigenvalue weighted by molar-refractivity contribution is 7.89. The van der Waals surface area contributed by atoms with E-state index < -0.39 is 10.0 Å². The van der Waals surface area contributed by atoms with Crippen LogP contribution in [0.3, 0.4) is 0 Å². The van der Waals surface area contributed by atoms with Gasteiger partial charge in [0.05, 0.1) is 4.90 Å². The smallest absolute Gasteiger partial charge is 0.243 e. The summed E-state index contributed by atoms with van der Waals surface area (Å²) in [5, 5.41) is 0. The van der Waals surface area contributed by atoms with E-state index in [1.54, 1.807) is 28.6 Å². The third kappa shape index (κ3) is 2.93. The molecule has 0 radical (unpaired) electrons. The van der Waals surface area contributed by atoms with Crippen LogP contribution in [0.25, 0.3) is 0 Å². The molecular weight excluding hydrogens is 288 g/mol. The molecule has 0 bridgehead atoms. The minimum atomic E-state index is -3.36. The van der Waals surface area contributed by atoms with E-state index in [0.717, 1.165) is 0 Å². The standard InChI is InChI=1S/C15H22N2O3S/c16-8-9-20-14-4-6-15(7-5-14)21(18,19)17-10-12-2-1-3-13(12)11-17/h4-7,12-13H,1-3,8-11,16H2. The van der Waals surface area contributed by atoms with Gasteiger partial charge in [-0.15, -0.1) is 0 Å². The summed E-state index contributed by atoms with van der Waals surface area (Å²) in [6.07, 6.45) is 3.58. The van der Waals surface area contributed by atoms with Crippen LogP contribution in [0.1, 0.15) is 19.3 Å². The Labute approximate surface area is 126 Å². The molecular formula is C15H22N2O3S. The predicted octanol–water partition coefficient (Wildman–Crippen LogP) is 1.44. The summed E-state index contributed by atoms with van der Waals surface area (Å²) in [6, 6.07) is 6.63. The van der Waals surface area contributed by atoms with Crippen LogP contribution in [0.4, 0.5) is 0 Å². The molecule has 1 aliphatic carbocycles. The van der Waals surface area contributed by atoms with E-state index in [1.165, 1.54) is 19.3 Å². The molecule has 2 fully saturated rings. The number of benzene rings is 1. The lowest BCUT2D eigenvalue weighted by molar-refractivity contribution is 0.328. The minimum absolute atomic E-state index is 0.350. The molecule has 2 unspecified atom stereocenters. The van der Waals surface area contributed by atoms with Gasteiger partial charge in [-0.05, 0) is 48.9 Å². The predicted molar refractivity (Wildman–Crippen MR) is 80.6 cm³/mol. The van der Waals surface area contributed by atoms with Crippen molar-refractivity contribution >= 4 is 10.0 Å². The molecule has 1 aromatic rings. The van der Waals surface area contributed by atoms with E-state index in [2.05, 4.69) is 0 Å². The zero-order valence-corrected chi connectivity index (χ0v) is 12.9. The highest BCUT2D eigenvalue weighted by atomic mass is 32.2. The number of fused-ring (bicyclic) bond motifs is 1. The van der Waals surface area contributed by atoms with E-state index in [0.29, 0.717) is 48.7 Å². The van der Waals surface area contributed by atoms with Crippen LogP contribution in [0.2, 0.25) is 0 Å². The van der Waals surface area contributed by atoms with Crippen molar-refractivity contribution in [3.05, 3.63) is 24.3 Å². The van der Waals surface area contributed by atoms with Crippen LogP contribution in [0.5, 0.6) is 5.75 Å². The Bertz CT molecular complexity index is 573. The van der Waals surface area contributed by atoms with E-state index in [-0.39, 0.29) is 0 Å². The molecule has 1 aliphatic heterocycles. The summed E-state index contributed by atoms with van der Waals surface area (Å²) in [5.41, 5.74) is 5.38. The number of hydrogen-bond acceptors (Lipinski definition) is 4. The minimum Gasteiger partial charge on any atom is -0.492 e. The monoisotopic (exact) mass is 310 g/mol. The number of rotatable bonds is 5. The normalized spacial score (nSPS) is 26.0. The van der Waals surface area contributed by atoms with Gasteiger partial charge in [-0.3, -0.25) is 0 Å². The van der Waals surface area contributed by atoms with Gasteiger partial charge in [-0.25, -0.2) is 8.42 Å². The largest absolute Gasteiger partial charge is 0.492 e. The van der Waals surface area contributed by atoms with Crippen molar-refractivity contribution in [1.82, 2.24) is 4.31 Å². The van der Waals surface area contributed by atoms with Gasteiger partial charge in [0.25, 0.3) is 0 Å². The van der Waals surface area contributed by atoms with Gasteiger partial charge < -0.3 is 10.5 Å². The molecule has 2 N–H and O–H groups in total. The molecule has 2 atom stereocenters. The molecule has 1 aromatic carbocycles. The topological polar surface area (TPSA) is 72.6 Å². The average molecular weight is 310 g/mol. The number of hydrogen-bond donors (Lipinski definition) is 1. The lowest BCUT2D eigenvalue weighted by Crippen LogP contribution is -2.29. The number of ether oxygens (including phenoxy) is 1. The fourth-order valence-corrected chi connectivity index (χ4v) is 4.98. The van der Waals surface area contributed by atoms with Crippen LogP contribution >= 0.6 is 0 Å². The molecule has 1 saturated carbocycles. The number of nitrogens with zero attached hydrogens (tertiary/aromatic N) is 1. The van der Waals surface area contributed by atoms with E-state index in [1.807, 2.05) is 0 Å². The van der Waals surface area contributed by atoms with Crippen molar-refractivity contribution in [3.8, 4) is 5.75 Å². The van der Waals surface area contributed by atoms with Crippen LogP contribution in [-0.4, -0.2) is 39.0 Å². The van der Waals surface area contributed by atoms with Crippen molar-refractivity contribution in [3.63, 3.8) is 0 Å². The number of nitrogens with two attached hydrogens (primary N) is 1. The Morgan fingerprint density at radius 2 is 1.76 bits per heavy atom. The fourth-order valence-electron chi connectivity index (χ4n) is 3.42. The van der Waals surface area contributed by atoms with E-state index in [4.69, 9.17) is 10.5 Å². The first-order valence-corrected chi connectivity index (χ1v) is 8.98. The third-order valence-electron chi connectivity index (χ3n) is 4.54. The first-order valence-electron chi connectivity index (χ1n) is 7.54. The molecule has 5 nitrogen and oxygen atoms in total. The Hall–Kier alpha value is -1.11. The highest BCUT2D eigenvalue weighted by Gasteiger charge is 2.41. The first-order chi connectivity index (χ1) is 10.1. The maximum Gasteiger partial charge on any atom is 0.243 e. The lowest BCUT2D eigenvalue weighted by atomic mass is 10.0. The van der Waals surface area contributed by atoms with Crippen LogP contribution in [0, 0.1) is 11.8 Å². The van der Waals surface area contributed by atoms with Gasteiger partial charge in [0.2, 0.25) is 10.0 Å². The zero-order chi connectivity index (χ0) is 14.9. The molecule has 116 valence electrons. The van der Waals surface area contributed by atoms with Gasteiger partial charge in [0.15, 0.2) is 0 Å². The molecule has 2 aliphatic rings. The zero-order valence-electron chi connectivity index (χ0n) is 12.1. The van der Waals surface area contributed by atoms with Crippen molar-refractivity contribution in [2.24, 2.45) is 17.6 Å². The lowest BCUT2D eigenvalue weighted by Gasteiger charge is -2.17. The van der Waals surface area contributed by atoms with Gasteiger partial charge in [-0.2, -0.15) is 4.31 Å². The average Bonchev–Trinajstić information content (AvgIpc) is 3.07. The molecule has 0 spiro atoms. The molecule has 1 saturated heterocycles. The van der Waals surface area contributed by atoms with Crippen LogP contribution in [0.15, 0.2) is 29.2 Å². The van der Waals surface area contributed by atoms with Gasteiger partial charge in [0, 0.05) is 19.6 Å². The molecule has 1 heterocycles. The Morgan fingerprint density at radius 3 is 2.33 bits per heavy atom. The quantitative estimate of drug-likeness (QED) is 0.893.